The van der Waals surface area contributed by atoms with E-state index in [1.807, 2.05) is 11.8 Å². The fraction of sp³-hybridized carbons (Fsp3) is 0.625. The van der Waals surface area contributed by atoms with E-state index in [0.717, 1.165) is 6.54 Å². The average molecular weight is 480 g/mol. The van der Waals surface area contributed by atoms with E-state index >= 15 is 0 Å². The van der Waals surface area contributed by atoms with E-state index in [1.165, 1.54) is 135 Å². The van der Waals surface area contributed by atoms with Crippen LogP contribution in [0.3, 0.4) is 0 Å². The molecule has 2 heteroatoms. The molecule has 34 heavy (non-hydrogen) atoms. The number of aryl methyl sites for hydroxylation is 2. The number of benzene rings is 2. The third kappa shape index (κ3) is 8.99. The second-order valence-electron chi connectivity index (χ2n) is 10.5. The quantitative estimate of drug-likeness (QED) is 0.207. The van der Waals surface area contributed by atoms with Gasteiger partial charge in [0.2, 0.25) is 0 Å². The van der Waals surface area contributed by atoms with Crippen LogP contribution in [0.4, 0.5) is 11.4 Å². The molecule has 0 spiro atoms. The molecule has 0 saturated carbocycles. The summed E-state index contributed by atoms with van der Waals surface area (Å²) in [6.07, 6.45) is 22.8. The van der Waals surface area contributed by atoms with Crippen molar-refractivity contribution in [1.82, 2.24) is 0 Å². The molecule has 0 radical (unpaired) electrons. The molecule has 188 valence electrons. The highest BCUT2D eigenvalue weighted by Crippen LogP contribution is 2.48. The highest BCUT2D eigenvalue weighted by molar-refractivity contribution is 7.99. The molecule has 0 aromatic heterocycles. The van der Waals surface area contributed by atoms with Crippen molar-refractivity contribution in [2.45, 2.75) is 133 Å². The van der Waals surface area contributed by atoms with Gasteiger partial charge < -0.3 is 4.90 Å². The van der Waals surface area contributed by atoms with Crippen LogP contribution in [0.15, 0.2) is 46.2 Å². The summed E-state index contributed by atoms with van der Waals surface area (Å²) in [6.45, 7) is 7.83. The molecule has 1 aliphatic heterocycles. The molecule has 0 amide bonds. The fourth-order valence-corrected chi connectivity index (χ4v) is 6.45. The van der Waals surface area contributed by atoms with Crippen molar-refractivity contribution in [3.05, 3.63) is 47.5 Å². The van der Waals surface area contributed by atoms with Crippen LogP contribution >= 0.6 is 11.8 Å². The molecule has 3 rings (SSSR count). The summed E-state index contributed by atoms with van der Waals surface area (Å²) >= 11 is 1.94. The van der Waals surface area contributed by atoms with Crippen LogP contribution in [-0.2, 0) is 0 Å². The standard InChI is InChI=1S/C32H49NS/c1-4-5-6-7-8-9-10-11-12-13-14-15-16-17-18-19-24-33-29-22-20-27(2)25-31(29)34-32-26-28(3)21-23-30(32)33/h20-23,25-26H,4-19,24H2,1-3H3. The minimum atomic E-state index is 1.13. The van der Waals surface area contributed by atoms with Crippen LogP contribution < -0.4 is 4.90 Å². The molecule has 2 aromatic rings. The summed E-state index contributed by atoms with van der Waals surface area (Å²) < 4.78 is 0. The van der Waals surface area contributed by atoms with E-state index < -0.39 is 0 Å². The van der Waals surface area contributed by atoms with Gasteiger partial charge in [-0.1, -0.05) is 127 Å². The molecular weight excluding hydrogens is 430 g/mol. The predicted octanol–water partition coefficient (Wildman–Crippen LogP) is 11.2. The first-order valence-corrected chi connectivity index (χ1v) is 15.2. The Balaban J connectivity index is 1.27. The van der Waals surface area contributed by atoms with Crippen LogP contribution in [-0.4, -0.2) is 6.54 Å². The Hall–Kier alpha value is -1.41. The van der Waals surface area contributed by atoms with Crippen molar-refractivity contribution in [3.8, 4) is 0 Å². The maximum atomic E-state index is 2.57. The molecule has 0 fully saturated rings. The first-order valence-electron chi connectivity index (χ1n) is 14.4. The largest absolute Gasteiger partial charge is 0.340 e. The van der Waals surface area contributed by atoms with Crippen LogP contribution in [0.25, 0.3) is 0 Å². The zero-order valence-corrected chi connectivity index (χ0v) is 23.2. The molecule has 1 heterocycles. The van der Waals surface area contributed by atoms with E-state index in [-0.39, 0.29) is 0 Å². The second kappa shape index (κ2) is 15.6. The molecule has 0 saturated heterocycles. The lowest BCUT2D eigenvalue weighted by Crippen LogP contribution is -2.22. The molecular formula is C32H49NS. The highest BCUT2D eigenvalue weighted by atomic mass is 32.2. The van der Waals surface area contributed by atoms with Gasteiger partial charge in [-0.15, -0.1) is 0 Å². The van der Waals surface area contributed by atoms with Gasteiger partial charge in [0.15, 0.2) is 0 Å². The molecule has 2 aromatic carbocycles. The number of hydrogen-bond acceptors (Lipinski definition) is 2. The van der Waals surface area contributed by atoms with Gasteiger partial charge in [0, 0.05) is 16.3 Å². The molecule has 0 atom stereocenters. The van der Waals surface area contributed by atoms with Crippen molar-refractivity contribution < 1.29 is 0 Å². The third-order valence-corrected chi connectivity index (χ3v) is 8.36. The number of unbranched alkanes of at least 4 members (excludes halogenated alkanes) is 15. The van der Waals surface area contributed by atoms with E-state index in [2.05, 4.69) is 62.1 Å². The predicted molar refractivity (Wildman–Crippen MR) is 153 cm³/mol. The number of hydrogen-bond donors (Lipinski definition) is 0. The lowest BCUT2D eigenvalue weighted by atomic mass is 10.0. The van der Waals surface area contributed by atoms with Crippen LogP contribution in [0.5, 0.6) is 0 Å². The monoisotopic (exact) mass is 479 g/mol. The van der Waals surface area contributed by atoms with E-state index in [4.69, 9.17) is 0 Å². The summed E-state index contributed by atoms with van der Waals surface area (Å²) in [4.78, 5) is 5.40. The second-order valence-corrected chi connectivity index (χ2v) is 11.6. The summed E-state index contributed by atoms with van der Waals surface area (Å²) in [5.74, 6) is 0. The highest BCUT2D eigenvalue weighted by Gasteiger charge is 2.23. The molecule has 0 aliphatic carbocycles. The average Bonchev–Trinajstić information content (AvgIpc) is 2.82. The minimum absolute atomic E-state index is 1.13. The van der Waals surface area contributed by atoms with Crippen LogP contribution in [0, 0.1) is 13.8 Å². The normalized spacial score (nSPS) is 12.6. The zero-order valence-electron chi connectivity index (χ0n) is 22.3. The molecule has 0 bridgehead atoms. The summed E-state index contributed by atoms with van der Waals surface area (Å²) in [5.41, 5.74) is 5.50. The molecule has 0 unspecified atom stereocenters. The molecule has 0 N–H and O–H groups in total. The Morgan fingerprint density at radius 1 is 0.529 bits per heavy atom. The number of fused-ring (bicyclic) bond motifs is 2. The first-order chi connectivity index (χ1) is 16.7. The maximum absolute atomic E-state index is 2.57. The summed E-state index contributed by atoms with van der Waals surface area (Å²) in [6, 6.07) is 13.9. The van der Waals surface area contributed by atoms with Gasteiger partial charge in [-0.25, -0.2) is 0 Å². The van der Waals surface area contributed by atoms with Crippen LogP contribution in [0.2, 0.25) is 0 Å². The number of anilines is 2. The van der Waals surface area contributed by atoms with E-state index in [0.29, 0.717) is 0 Å². The SMILES string of the molecule is CCCCCCCCCCCCCCCCCCN1c2ccc(C)cc2Sc2cc(C)ccc21. The summed E-state index contributed by atoms with van der Waals surface area (Å²) in [5, 5.41) is 0. The topological polar surface area (TPSA) is 3.24 Å². The summed E-state index contributed by atoms with van der Waals surface area (Å²) in [7, 11) is 0. The van der Waals surface area contributed by atoms with Gasteiger partial charge >= 0.3 is 0 Å². The van der Waals surface area contributed by atoms with Crippen molar-refractivity contribution in [1.29, 1.82) is 0 Å². The van der Waals surface area contributed by atoms with E-state index in [9.17, 15) is 0 Å². The van der Waals surface area contributed by atoms with Gasteiger partial charge in [0.05, 0.1) is 11.4 Å². The third-order valence-electron chi connectivity index (χ3n) is 7.27. The van der Waals surface area contributed by atoms with Gasteiger partial charge in [-0.05, 0) is 55.7 Å². The van der Waals surface area contributed by atoms with Gasteiger partial charge in [-0.3, -0.25) is 0 Å². The number of nitrogens with zero attached hydrogens (tertiary/aromatic N) is 1. The van der Waals surface area contributed by atoms with Crippen molar-refractivity contribution >= 4 is 23.1 Å². The minimum Gasteiger partial charge on any atom is -0.340 e. The van der Waals surface area contributed by atoms with Gasteiger partial charge in [0.1, 0.15) is 0 Å². The Kier molecular flexibility index (Phi) is 12.4. The van der Waals surface area contributed by atoms with Crippen LogP contribution in [0.1, 0.15) is 121 Å². The Morgan fingerprint density at radius 3 is 1.32 bits per heavy atom. The lowest BCUT2D eigenvalue weighted by molar-refractivity contribution is 0.530. The molecule has 1 nitrogen and oxygen atoms in total. The lowest BCUT2D eigenvalue weighted by Gasteiger charge is -2.33. The Bertz CT molecular complexity index is 791. The van der Waals surface area contributed by atoms with Crippen molar-refractivity contribution in [2.75, 3.05) is 11.4 Å². The molecule has 1 aliphatic rings. The zero-order chi connectivity index (χ0) is 24.0. The maximum Gasteiger partial charge on any atom is 0.0553 e. The Morgan fingerprint density at radius 2 is 0.912 bits per heavy atom. The fourth-order valence-electron chi connectivity index (χ4n) is 5.16. The smallest absolute Gasteiger partial charge is 0.0553 e. The Labute approximate surface area is 215 Å². The van der Waals surface area contributed by atoms with Gasteiger partial charge in [0.25, 0.3) is 0 Å². The number of rotatable bonds is 17. The van der Waals surface area contributed by atoms with E-state index in [1.54, 1.807) is 0 Å². The first kappa shape index (κ1) is 27.2. The van der Waals surface area contributed by atoms with Crippen molar-refractivity contribution in [2.24, 2.45) is 0 Å². The van der Waals surface area contributed by atoms with Gasteiger partial charge in [-0.2, -0.15) is 0 Å². The van der Waals surface area contributed by atoms with Crippen molar-refractivity contribution in [3.63, 3.8) is 0 Å².